The molecular weight excluding hydrogens is 313 g/mol. The standard InChI is InChI=1S/C13H14INO/c1-8-5-4-6-9(2)12(8)13-15-11(7-14)10(3)16-13/h4-6H,7H2,1-3H3. The first-order valence-corrected chi connectivity index (χ1v) is 6.75. The number of halogens is 1. The lowest BCUT2D eigenvalue weighted by Gasteiger charge is -2.04. The van der Waals surface area contributed by atoms with Crippen LogP contribution >= 0.6 is 22.6 Å². The molecule has 1 aromatic carbocycles. The summed E-state index contributed by atoms with van der Waals surface area (Å²) >= 11 is 2.31. The fourth-order valence-corrected chi connectivity index (χ4v) is 2.52. The molecule has 0 amide bonds. The number of alkyl halides is 1. The third-order valence-corrected chi connectivity index (χ3v) is 3.44. The average molecular weight is 327 g/mol. The summed E-state index contributed by atoms with van der Waals surface area (Å²) in [5, 5.41) is 0. The lowest BCUT2D eigenvalue weighted by atomic mass is 10.0. The van der Waals surface area contributed by atoms with E-state index in [2.05, 4.69) is 59.6 Å². The molecule has 2 nitrogen and oxygen atoms in total. The van der Waals surface area contributed by atoms with Gasteiger partial charge in [0.15, 0.2) is 0 Å². The van der Waals surface area contributed by atoms with E-state index < -0.39 is 0 Å². The summed E-state index contributed by atoms with van der Waals surface area (Å²) in [7, 11) is 0. The van der Waals surface area contributed by atoms with Crippen LogP contribution in [0.5, 0.6) is 0 Å². The summed E-state index contributed by atoms with van der Waals surface area (Å²) < 4.78 is 6.62. The van der Waals surface area contributed by atoms with Gasteiger partial charge in [-0.25, -0.2) is 4.98 Å². The van der Waals surface area contributed by atoms with E-state index in [0.717, 1.165) is 27.3 Å². The van der Waals surface area contributed by atoms with E-state index >= 15 is 0 Å². The topological polar surface area (TPSA) is 26.0 Å². The molecule has 2 aromatic rings. The van der Waals surface area contributed by atoms with Crippen LogP contribution < -0.4 is 0 Å². The Bertz CT molecular complexity index is 496. The van der Waals surface area contributed by atoms with Gasteiger partial charge in [-0.2, -0.15) is 0 Å². The Labute approximate surface area is 109 Å². The van der Waals surface area contributed by atoms with Crippen molar-refractivity contribution in [1.82, 2.24) is 4.98 Å². The van der Waals surface area contributed by atoms with Gasteiger partial charge in [0.05, 0.1) is 5.69 Å². The van der Waals surface area contributed by atoms with Crippen LogP contribution in [0.2, 0.25) is 0 Å². The molecule has 0 aliphatic heterocycles. The molecule has 2 rings (SSSR count). The molecule has 0 aliphatic carbocycles. The van der Waals surface area contributed by atoms with Gasteiger partial charge >= 0.3 is 0 Å². The maximum absolute atomic E-state index is 5.74. The highest BCUT2D eigenvalue weighted by Gasteiger charge is 2.13. The van der Waals surface area contributed by atoms with Crippen molar-refractivity contribution in [3.05, 3.63) is 40.8 Å². The molecule has 0 bridgehead atoms. The number of oxazole rings is 1. The van der Waals surface area contributed by atoms with Gasteiger partial charge in [-0.3, -0.25) is 0 Å². The number of hydrogen-bond donors (Lipinski definition) is 0. The van der Waals surface area contributed by atoms with Gasteiger partial charge in [0.1, 0.15) is 5.76 Å². The summed E-state index contributed by atoms with van der Waals surface area (Å²) in [5.41, 5.74) is 4.59. The molecule has 0 saturated carbocycles. The second-order valence-electron chi connectivity index (χ2n) is 3.92. The predicted molar refractivity (Wildman–Crippen MR) is 73.9 cm³/mol. The highest BCUT2D eigenvalue weighted by Crippen LogP contribution is 2.28. The quantitative estimate of drug-likeness (QED) is 0.610. The van der Waals surface area contributed by atoms with Crippen LogP contribution in [0.25, 0.3) is 11.5 Å². The first-order valence-electron chi connectivity index (χ1n) is 5.22. The van der Waals surface area contributed by atoms with Crippen LogP contribution in [-0.4, -0.2) is 4.98 Å². The first-order chi connectivity index (χ1) is 7.63. The zero-order valence-corrected chi connectivity index (χ0v) is 11.8. The van der Waals surface area contributed by atoms with Crippen LogP contribution in [0.3, 0.4) is 0 Å². The van der Waals surface area contributed by atoms with E-state index in [9.17, 15) is 0 Å². The molecule has 3 heteroatoms. The van der Waals surface area contributed by atoms with E-state index in [-0.39, 0.29) is 0 Å². The Hall–Kier alpha value is -0.840. The number of rotatable bonds is 2. The smallest absolute Gasteiger partial charge is 0.227 e. The maximum Gasteiger partial charge on any atom is 0.227 e. The van der Waals surface area contributed by atoms with Gasteiger partial charge in [-0.15, -0.1) is 0 Å². The Balaban J connectivity index is 2.58. The predicted octanol–water partition coefficient (Wildman–Crippen LogP) is 4.20. The molecule has 0 spiro atoms. The van der Waals surface area contributed by atoms with E-state index in [1.165, 1.54) is 11.1 Å². The molecule has 1 heterocycles. The van der Waals surface area contributed by atoms with E-state index in [1.54, 1.807) is 0 Å². The minimum absolute atomic E-state index is 0.750. The van der Waals surface area contributed by atoms with Crippen molar-refractivity contribution in [2.75, 3.05) is 0 Å². The summed E-state index contributed by atoms with van der Waals surface area (Å²) in [5.74, 6) is 1.67. The minimum Gasteiger partial charge on any atom is -0.441 e. The second kappa shape index (κ2) is 4.57. The molecule has 84 valence electrons. The number of aryl methyl sites for hydroxylation is 3. The molecular formula is C13H14INO. The highest BCUT2D eigenvalue weighted by molar-refractivity contribution is 14.1. The summed E-state index contributed by atoms with van der Waals surface area (Å²) in [6.45, 7) is 6.15. The Morgan fingerprint density at radius 1 is 1.19 bits per heavy atom. The molecule has 1 aromatic heterocycles. The van der Waals surface area contributed by atoms with Crippen molar-refractivity contribution < 1.29 is 4.42 Å². The normalized spacial score (nSPS) is 10.8. The van der Waals surface area contributed by atoms with Gasteiger partial charge in [0.2, 0.25) is 5.89 Å². The Morgan fingerprint density at radius 3 is 2.31 bits per heavy atom. The van der Waals surface area contributed by atoms with Crippen LogP contribution in [0.15, 0.2) is 22.6 Å². The first kappa shape index (κ1) is 11.6. The third kappa shape index (κ3) is 2.00. The van der Waals surface area contributed by atoms with Gasteiger partial charge in [0, 0.05) is 9.99 Å². The third-order valence-electron chi connectivity index (χ3n) is 2.71. The highest BCUT2D eigenvalue weighted by atomic mass is 127. The van der Waals surface area contributed by atoms with Crippen molar-refractivity contribution >= 4 is 22.6 Å². The molecule has 0 unspecified atom stereocenters. The van der Waals surface area contributed by atoms with Gasteiger partial charge < -0.3 is 4.42 Å². The summed E-state index contributed by atoms with van der Waals surface area (Å²) in [6, 6.07) is 6.24. The van der Waals surface area contributed by atoms with Gasteiger partial charge in [0.25, 0.3) is 0 Å². The monoisotopic (exact) mass is 327 g/mol. The number of hydrogen-bond acceptors (Lipinski definition) is 2. The fourth-order valence-electron chi connectivity index (χ4n) is 1.81. The van der Waals surface area contributed by atoms with E-state index in [4.69, 9.17) is 4.42 Å². The van der Waals surface area contributed by atoms with Crippen LogP contribution in [-0.2, 0) is 4.43 Å². The molecule has 0 radical (unpaired) electrons. The summed E-state index contributed by atoms with van der Waals surface area (Å²) in [6.07, 6.45) is 0. The van der Waals surface area contributed by atoms with Crippen LogP contribution in [0.1, 0.15) is 22.6 Å². The minimum atomic E-state index is 0.750. The van der Waals surface area contributed by atoms with Crippen molar-refractivity contribution in [1.29, 1.82) is 0 Å². The van der Waals surface area contributed by atoms with Crippen LogP contribution in [0, 0.1) is 20.8 Å². The number of benzene rings is 1. The van der Waals surface area contributed by atoms with Gasteiger partial charge in [-0.05, 0) is 31.9 Å². The molecule has 16 heavy (non-hydrogen) atoms. The van der Waals surface area contributed by atoms with Crippen molar-refractivity contribution in [2.45, 2.75) is 25.2 Å². The number of aromatic nitrogens is 1. The molecule has 0 fully saturated rings. The summed E-state index contributed by atoms with van der Waals surface area (Å²) in [4.78, 5) is 4.55. The van der Waals surface area contributed by atoms with Crippen molar-refractivity contribution in [3.63, 3.8) is 0 Å². The lowest BCUT2D eigenvalue weighted by molar-refractivity contribution is 0.540. The molecule has 0 N–H and O–H groups in total. The molecule has 0 aliphatic rings. The SMILES string of the molecule is Cc1cccc(C)c1-c1nc(CI)c(C)o1. The van der Waals surface area contributed by atoms with Crippen molar-refractivity contribution in [2.24, 2.45) is 0 Å². The second-order valence-corrected chi connectivity index (χ2v) is 4.69. The van der Waals surface area contributed by atoms with E-state index in [1.807, 2.05) is 6.92 Å². The van der Waals surface area contributed by atoms with E-state index in [0.29, 0.717) is 0 Å². The Morgan fingerprint density at radius 2 is 1.81 bits per heavy atom. The van der Waals surface area contributed by atoms with Gasteiger partial charge in [-0.1, -0.05) is 40.8 Å². The average Bonchev–Trinajstić information content (AvgIpc) is 2.59. The maximum atomic E-state index is 5.74. The fraction of sp³-hybridized carbons (Fsp3) is 0.308. The zero-order valence-electron chi connectivity index (χ0n) is 9.67. The van der Waals surface area contributed by atoms with Crippen LogP contribution in [0.4, 0.5) is 0 Å². The lowest BCUT2D eigenvalue weighted by Crippen LogP contribution is -1.88. The Kier molecular flexibility index (Phi) is 3.33. The molecule has 0 atom stereocenters. The number of nitrogens with zero attached hydrogens (tertiary/aromatic N) is 1. The largest absolute Gasteiger partial charge is 0.441 e. The molecule has 0 saturated heterocycles. The van der Waals surface area contributed by atoms with Crippen molar-refractivity contribution in [3.8, 4) is 11.5 Å². The zero-order chi connectivity index (χ0) is 11.7.